The first kappa shape index (κ1) is 19.9. The molecule has 1 aromatic heterocycles. The van der Waals surface area contributed by atoms with E-state index in [0.29, 0.717) is 17.9 Å². The standard InChI is InChI=1S/C22H28N2O5/c1-14-12-18(20-16-4-3-5-17(16)22(26)29-19(20)13-14)28-15(2)21(25)23-6-7-24-8-10-27-11-9-24/h12-13,15H,3-11H2,1-2H3,(H,23,25)/p+1/t15-/m1/s1. The zero-order valence-corrected chi connectivity index (χ0v) is 17.1. The Hall–Kier alpha value is -2.38. The molecule has 1 aliphatic heterocycles. The number of hydrogen-bond acceptors (Lipinski definition) is 5. The van der Waals surface area contributed by atoms with Crippen molar-refractivity contribution in [2.75, 3.05) is 39.4 Å². The lowest BCUT2D eigenvalue weighted by Gasteiger charge is -2.24. The molecule has 0 unspecified atom stereocenters. The Morgan fingerprint density at radius 1 is 1.24 bits per heavy atom. The van der Waals surface area contributed by atoms with Crippen LogP contribution in [-0.2, 0) is 22.4 Å². The SMILES string of the molecule is Cc1cc(O[C@H](C)C(=O)NCC[NH+]2CCOCC2)c2c3c(c(=O)oc2c1)CCC3. The third kappa shape index (κ3) is 4.31. The lowest BCUT2D eigenvalue weighted by molar-refractivity contribution is -0.906. The molecule has 29 heavy (non-hydrogen) atoms. The van der Waals surface area contributed by atoms with Gasteiger partial charge in [0.15, 0.2) is 6.10 Å². The maximum absolute atomic E-state index is 12.6. The van der Waals surface area contributed by atoms with Crippen LogP contribution in [0, 0.1) is 6.92 Å². The number of carbonyl (C=O) groups excluding carboxylic acids is 1. The second-order valence-corrected chi connectivity index (χ2v) is 8.00. The maximum Gasteiger partial charge on any atom is 0.339 e. The number of nitrogens with one attached hydrogen (secondary N) is 2. The summed E-state index contributed by atoms with van der Waals surface area (Å²) in [6, 6.07) is 3.78. The Kier molecular flexibility index (Phi) is 5.87. The van der Waals surface area contributed by atoms with Crippen molar-refractivity contribution in [2.45, 2.75) is 39.2 Å². The number of morpholine rings is 1. The van der Waals surface area contributed by atoms with Gasteiger partial charge in [-0.3, -0.25) is 4.79 Å². The molecule has 0 bridgehead atoms. The summed E-state index contributed by atoms with van der Waals surface area (Å²) in [5.74, 6) is 0.477. The minimum Gasteiger partial charge on any atom is -0.480 e. The first-order valence-electron chi connectivity index (χ1n) is 10.5. The fourth-order valence-electron chi connectivity index (χ4n) is 4.26. The Morgan fingerprint density at radius 2 is 2.00 bits per heavy atom. The molecule has 7 nitrogen and oxygen atoms in total. The lowest BCUT2D eigenvalue weighted by atomic mass is 10.0. The van der Waals surface area contributed by atoms with Gasteiger partial charge in [-0.05, 0) is 56.4 Å². The van der Waals surface area contributed by atoms with Gasteiger partial charge in [0.2, 0.25) is 0 Å². The van der Waals surface area contributed by atoms with Gasteiger partial charge in [0.25, 0.3) is 5.91 Å². The molecular formula is C22H29N2O5+. The second kappa shape index (κ2) is 8.55. The van der Waals surface area contributed by atoms with Gasteiger partial charge in [-0.1, -0.05) is 0 Å². The molecule has 2 heterocycles. The molecule has 1 aliphatic carbocycles. The van der Waals surface area contributed by atoms with E-state index >= 15 is 0 Å². The second-order valence-electron chi connectivity index (χ2n) is 8.00. The highest BCUT2D eigenvalue weighted by Gasteiger charge is 2.24. The highest BCUT2D eigenvalue weighted by atomic mass is 16.5. The number of ether oxygens (including phenoxy) is 2. The molecule has 2 aliphatic rings. The van der Waals surface area contributed by atoms with Crippen LogP contribution in [0.25, 0.3) is 11.0 Å². The summed E-state index contributed by atoms with van der Waals surface area (Å²) < 4.78 is 17.0. The number of hydrogen-bond donors (Lipinski definition) is 2. The van der Waals surface area contributed by atoms with Crippen molar-refractivity contribution < 1.29 is 23.6 Å². The molecule has 0 radical (unpaired) electrons. The van der Waals surface area contributed by atoms with E-state index in [2.05, 4.69) is 5.32 Å². The third-order valence-corrected chi connectivity index (χ3v) is 5.83. The number of rotatable bonds is 6. The smallest absolute Gasteiger partial charge is 0.339 e. The Balaban J connectivity index is 1.47. The number of aryl methyl sites for hydroxylation is 2. The fourth-order valence-corrected chi connectivity index (χ4v) is 4.26. The maximum atomic E-state index is 12.6. The van der Waals surface area contributed by atoms with Crippen LogP contribution in [0.2, 0.25) is 0 Å². The van der Waals surface area contributed by atoms with E-state index in [1.807, 2.05) is 19.1 Å². The van der Waals surface area contributed by atoms with Crippen LogP contribution in [0.4, 0.5) is 0 Å². The number of benzene rings is 1. The quantitative estimate of drug-likeness (QED) is 0.685. The molecule has 2 N–H and O–H groups in total. The first-order valence-corrected chi connectivity index (χ1v) is 10.5. The Morgan fingerprint density at radius 3 is 2.79 bits per heavy atom. The zero-order chi connectivity index (χ0) is 20.4. The van der Waals surface area contributed by atoms with E-state index in [1.165, 1.54) is 4.90 Å². The molecule has 4 rings (SSSR count). The van der Waals surface area contributed by atoms with Crippen LogP contribution in [-0.4, -0.2) is 51.4 Å². The van der Waals surface area contributed by atoms with Crippen molar-refractivity contribution in [3.63, 3.8) is 0 Å². The van der Waals surface area contributed by atoms with Crippen LogP contribution in [0.3, 0.4) is 0 Å². The summed E-state index contributed by atoms with van der Waals surface area (Å²) in [5.41, 5.74) is 2.97. The van der Waals surface area contributed by atoms with Crippen molar-refractivity contribution in [3.8, 4) is 5.75 Å². The van der Waals surface area contributed by atoms with Crippen LogP contribution in [0.15, 0.2) is 21.3 Å². The van der Waals surface area contributed by atoms with Crippen molar-refractivity contribution in [3.05, 3.63) is 39.2 Å². The van der Waals surface area contributed by atoms with Gasteiger partial charge >= 0.3 is 5.63 Å². The summed E-state index contributed by atoms with van der Waals surface area (Å²) in [6.45, 7) is 8.70. The molecule has 0 spiro atoms. The molecule has 1 saturated heterocycles. The summed E-state index contributed by atoms with van der Waals surface area (Å²) in [7, 11) is 0. The van der Waals surface area contributed by atoms with Gasteiger partial charge in [-0.25, -0.2) is 4.79 Å². The van der Waals surface area contributed by atoms with Gasteiger partial charge < -0.3 is 24.1 Å². The lowest BCUT2D eigenvalue weighted by Crippen LogP contribution is -3.14. The number of carbonyl (C=O) groups is 1. The highest BCUT2D eigenvalue weighted by Crippen LogP contribution is 2.35. The summed E-state index contributed by atoms with van der Waals surface area (Å²) in [6.07, 6.45) is 1.87. The fraction of sp³-hybridized carbons (Fsp3) is 0.545. The predicted molar refractivity (Wildman–Crippen MR) is 109 cm³/mol. The van der Waals surface area contributed by atoms with Gasteiger partial charge in [0.05, 0.1) is 31.7 Å². The van der Waals surface area contributed by atoms with Gasteiger partial charge in [0.1, 0.15) is 24.4 Å². The Bertz CT molecular complexity index is 962. The molecule has 1 amide bonds. The van der Waals surface area contributed by atoms with E-state index in [1.54, 1.807) is 6.92 Å². The predicted octanol–water partition coefficient (Wildman–Crippen LogP) is 0.389. The molecular weight excluding hydrogens is 372 g/mol. The minimum atomic E-state index is -0.635. The molecule has 1 aromatic carbocycles. The van der Waals surface area contributed by atoms with Crippen LogP contribution >= 0.6 is 0 Å². The van der Waals surface area contributed by atoms with Crippen LogP contribution in [0.1, 0.15) is 30.0 Å². The number of amides is 1. The molecule has 0 saturated carbocycles. The average molecular weight is 401 g/mol. The third-order valence-electron chi connectivity index (χ3n) is 5.83. The van der Waals surface area contributed by atoms with Gasteiger partial charge in [-0.15, -0.1) is 0 Å². The summed E-state index contributed by atoms with van der Waals surface area (Å²) >= 11 is 0. The van der Waals surface area contributed by atoms with E-state index in [9.17, 15) is 9.59 Å². The average Bonchev–Trinajstić information content (AvgIpc) is 3.18. The van der Waals surface area contributed by atoms with E-state index in [0.717, 1.165) is 74.2 Å². The Labute approximate surface area is 170 Å². The normalized spacial score (nSPS) is 17.9. The number of fused-ring (bicyclic) bond motifs is 3. The first-order chi connectivity index (χ1) is 14.0. The molecule has 1 fully saturated rings. The molecule has 1 atom stereocenters. The van der Waals surface area contributed by atoms with Crippen molar-refractivity contribution in [2.24, 2.45) is 0 Å². The van der Waals surface area contributed by atoms with Crippen molar-refractivity contribution in [1.82, 2.24) is 5.32 Å². The molecule has 156 valence electrons. The van der Waals surface area contributed by atoms with Crippen molar-refractivity contribution >= 4 is 16.9 Å². The highest BCUT2D eigenvalue weighted by molar-refractivity contribution is 5.89. The monoisotopic (exact) mass is 401 g/mol. The van der Waals surface area contributed by atoms with Gasteiger partial charge in [0, 0.05) is 5.56 Å². The summed E-state index contributed by atoms with van der Waals surface area (Å²) in [4.78, 5) is 26.2. The van der Waals surface area contributed by atoms with E-state index in [-0.39, 0.29) is 11.5 Å². The van der Waals surface area contributed by atoms with E-state index in [4.69, 9.17) is 13.9 Å². The summed E-state index contributed by atoms with van der Waals surface area (Å²) in [5, 5.41) is 3.81. The van der Waals surface area contributed by atoms with Gasteiger partial charge in [-0.2, -0.15) is 0 Å². The zero-order valence-electron chi connectivity index (χ0n) is 17.1. The topological polar surface area (TPSA) is 82.2 Å². The van der Waals surface area contributed by atoms with Crippen LogP contribution in [0.5, 0.6) is 5.75 Å². The van der Waals surface area contributed by atoms with Crippen LogP contribution < -0.4 is 20.6 Å². The van der Waals surface area contributed by atoms with Crippen molar-refractivity contribution in [1.29, 1.82) is 0 Å². The number of quaternary nitrogens is 1. The minimum absolute atomic E-state index is 0.138. The molecule has 7 heteroatoms. The van der Waals surface area contributed by atoms with E-state index < -0.39 is 6.10 Å². The largest absolute Gasteiger partial charge is 0.480 e. The molecule has 2 aromatic rings.